The van der Waals surface area contributed by atoms with E-state index in [-0.39, 0.29) is 25.4 Å². The van der Waals surface area contributed by atoms with Crippen LogP contribution in [0.3, 0.4) is 0 Å². The van der Waals surface area contributed by atoms with Gasteiger partial charge in [0.25, 0.3) is 0 Å². The molecule has 0 N–H and O–H groups in total. The van der Waals surface area contributed by atoms with E-state index in [1.807, 2.05) is 6.92 Å². The second-order valence-electron chi connectivity index (χ2n) is 3.86. The van der Waals surface area contributed by atoms with E-state index in [0.717, 1.165) is 5.57 Å². The van der Waals surface area contributed by atoms with Crippen LogP contribution in [0.2, 0.25) is 0 Å². The van der Waals surface area contributed by atoms with Gasteiger partial charge in [0.1, 0.15) is 11.4 Å². The fraction of sp³-hybridized carbons (Fsp3) is 0.667. The minimum atomic E-state index is -0.721. The zero-order valence-corrected chi connectivity index (χ0v) is 11.9. The number of alkyl halides is 2. The number of carbonyl (C=O) groups excluding carboxylic acids is 2. The van der Waals surface area contributed by atoms with E-state index in [9.17, 15) is 9.59 Å². The Morgan fingerprint density at radius 3 is 2.17 bits per heavy atom. The molecule has 18 heavy (non-hydrogen) atoms. The zero-order valence-electron chi connectivity index (χ0n) is 10.4. The van der Waals surface area contributed by atoms with Crippen molar-refractivity contribution in [1.29, 1.82) is 0 Å². The van der Waals surface area contributed by atoms with Gasteiger partial charge in [-0.2, -0.15) is 0 Å². The second-order valence-corrected chi connectivity index (χ2v) is 5.13. The van der Waals surface area contributed by atoms with Crippen molar-refractivity contribution in [2.45, 2.75) is 37.4 Å². The Morgan fingerprint density at radius 1 is 1.11 bits per heavy atom. The van der Waals surface area contributed by atoms with Crippen LogP contribution in [-0.4, -0.2) is 30.0 Å². The highest BCUT2D eigenvalue weighted by Crippen LogP contribution is 2.05. The van der Waals surface area contributed by atoms with Gasteiger partial charge in [-0.25, -0.2) is 0 Å². The Hall–Kier alpha value is -0.740. The monoisotopic (exact) mass is 296 g/mol. The molecule has 0 bridgehead atoms. The highest BCUT2D eigenvalue weighted by atomic mass is 35.5. The standard InChI is InChI=1S/C12H18Cl2O4/c1-9(2)6-7-17-11(15)4-3-5-12(16)18-8-10(13)14/h10H,1,3-8H2,2H3. The predicted molar refractivity (Wildman–Crippen MR) is 70.7 cm³/mol. The van der Waals surface area contributed by atoms with Crippen molar-refractivity contribution in [3.05, 3.63) is 12.2 Å². The average Bonchev–Trinajstić information content (AvgIpc) is 2.25. The topological polar surface area (TPSA) is 52.6 Å². The normalized spacial score (nSPS) is 10.2. The molecule has 0 aromatic heterocycles. The Morgan fingerprint density at radius 2 is 1.67 bits per heavy atom. The van der Waals surface area contributed by atoms with Crippen molar-refractivity contribution < 1.29 is 19.1 Å². The van der Waals surface area contributed by atoms with E-state index in [0.29, 0.717) is 19.4 Å². The summed E-state index contributed by atoms with van der Waals surface area (Å²) in [6.45, 7) is 5.86. The zero-order chi connectivity index (χ0) is 14.0. The molecule has 0 heterocycles. The van der Waals surface area contributed by atoms with Gasteiger partial charge in [-0.05, 0) is 13.3 Å². The molecule has 0 aliphatic heterocycles. The number of halogens is 2. The van der Waals surface area contributed by atoms with Crippen LogP contribution in [0.1, 0.15) is 32.6 Å². The molecule has 0 aliphatic rings. The SMILES string of the molecule is C=C(C)CCOC(=O)CCCC(=O)OCC(Cl)Cl. The fourth-order valence-electron chi connectivity index (χ4n) is 1.02. The van der Waals surface area contributed by atoms with E-state index in [2.05, 4.69) is 6.58 Å². The summed E-state index contributed by atoms with van der Waals surface area (Å²) < 4.78 is 9.67. The van der Waals surface area contributed by atoms with E-state index < -0.39 is 10.8 Å². The van der Waals surface area contributed by atoms with Crippen molar-refractivity contribution in [2.24, 2.45) is 0 Å². The highest BCUT2D eigenvalue weighted by Gasteiger charge is 2.08. The number of ether oxygens (including phenoxy) is 2. The van der Waals surface area contributed by atoms with Crippen molar-refractivity contribution in [3.63, 3.8) is 0 Å². The molecule has 0 unspecified atom stereocenters. The summed E-state index contributed by atoms with van der Waals surface area (Å²) in [6, 6.07) is 0. The smallest absolute Gasteiger partial charge is 0.305 e. The maximum atomic E-state index is 11.2. The lowest BCUT2D eigenvalue weighted by Crippen LogP contribution is -2.11. The Labute approximate surface area is 117 Å². The molecule has 0 aliphatic carbocycles. The minimum Gasteiger partial charge on any atom is -0.465 e. The molecule has 0 amide bonds. The van der Waals surface area contributed by atoms with Gasteiger partial charge >= 0.3 is 11.9 Å². The number of hydrogen-bond acceptors (Lipinski definition) is 4. The third-order valence-electron chi connectivity index (χ3n) is 1.92. The van der Waals surface area contributed by atoms with Gasteiger partial charge in [-0.15, -0.1) is 29.8 Å². The van der Waals surface area contributed by atoms with Crippen LogP contribution >= 0.6 is 23.2 Å². The van der Waals surface area contributed by atoms with Crippen molar-refractivity contribution in [2.75, 3.05) is 13.2 Å². The Kier molecular flexibility index (Phi) is 9.79. The molecule has 0 spiro atoms. The first-order valence-electron chi connectivity index (χ1n) is 5.65. The molecular weight excluding hydrogens is 279 g/mol. The first-order chi connectivity index (χ1) is 8.41. The minimum absolute atomic E-state index is 0.0367. The van der Waals surface area contributed by atoms with Gasteiger partial charge in [-0.3, -0.25) is 9.59 Å². The quantitative estimate of drug-likeness (QED) is 0.373. The first kappa shape index (κ1) is 17.3. The van der Waals surface area contributed by atoms with Gasteiger partial charge < -0.3 is 9.47 Å². The predicted octanol–water partition coefficient (Wildman–Crippen LogP) is 3.01. The van der Waals surface area contributed by atoms with E-state index in [1.165, 1.54) is 0 Å². The number of hydrogen-bond donors (Lipinski definition) is 0. The highest BCUT2D eigenvalue weighted by molar-refractivity contribution is 6.44. The molecule has 0 radical (unpaired) electrons. The summed E-state index contributed by atoms with van der Waals surface area (Å²) >= 11 is 10.8. The lowest BCUT2D eigenvalue weighted by Gasteiger charge is -2.05. The van der Waals surface area contributed by atoms with Gasteiger partial charge in [0.15, 0.2) is 0 Å². The number of esters is 2. The lowest BCUT2D eigenvalue weighted by molar-refractivity contribution is -0.145. The summed E-state index contributed by atoms with van der Waals surface area (Å²) in [5.41, 5.74) is 0.961. The van der Waals surface area contributed by atoms with Crippen molar-refractivity contribution in [3.8, 4) is 0 Å². The molecule has 4 nitrogen and oxygen atoms in total. The summed E-state index contributed by atoms with van der Waals surface area (Å²) in [6.07, 6.45) is 1.38. The van der Waals surface area contributed by atoms with E-state index >= 15 is 0 Å². The third kappa shape index (κ3) is 11.7. The van der Waals surface area contributed by atoms with Gasteiger partial charge in [0.05, 0.1) is 6.61 Å². The largest absolute Gasteiger partial charge is 0.465 e. The molecule has 104 valence electrons. The van der Waals surface area contributed by atoms with Crippen LogP contribution in [0, 0.1) is 0 Å². The van der Waals surface area contributed by atoms with E-state index in [4.69, 9.17) is 32.7 Å². The van der Waals surface area contributed by atoms with Crippen LogP contribution in [0.4, 0.5) is 0 Å². The summed E-state index contributed by atoms with van der Waals surface area (Å²) in [7, 11) is 0. The Balaban J connectivity index is 3.50. The number of rotatable bonds is 9. The maximum absolute atomic E-state index is 11.2. The molecular formula is C12H18Cl2O4. The Bertz CT molecular complexity index is 290. The fourth-order valence-corrected chi connectivity index (χ4v) is 1.14. The molecule has 0 aromatic carbocycles. The van der Waals surface area contributed by atoms with Crippen molar-refractivity contribution in [1.82, 2.24) is 0 Å². The summed E-state index contributed by atoms with van der Waals surface area (Å²) in [5.74, 6) is -0.743. The number of carbonyl (C=O) groups is 2. The molecule has 0 aromatic rings. The first-order valence-corrected chi connectivity index (χ1v) is 6.53. The van der Waals surface area contributed by atoms with Crippen molar-refractivity contribution >= 4 is 35.1 Å². The molecule has 6 heteroatoms. The van der Waals surface area contributed by atoms with Crippen LogP contribution in [0.15, 0.2) is 12.2 Å². The second kappa shape index (κ2) is 10.2. The molecule has 0 saturated heterocycles. The van der Waals surface area contributed by atoms with Gasteiger partial charge in [0, 0.05) is 19.3 Å². The average molecular weight is 297 g/mol. The van der Waals surface area contributed by atoms with Crippen LogP contribution < -0.4 is 0 Å². The van der Waals surface area contributed by atoms with Gasteiger partial charge in [-0.1, -0.05) is 5.57 Å². The van der Waals surface area contributed by atoms with Crippen LogP contribution in [-0.2, 0) is 19.1 Å². The summed E-state index contributed by atoms with van der Waals surface area (Å²) in [4.78, 5) is 21.6. The molecule has 0 saturated carbocycles. The van der Waals surface area contributed by atoms with Crippen LogP contribution in [0.5, 0.6) is 0 Å². The lowest BCUT2D eigenvalue weighted by atomic mass is 10.2. The molecule has 0 fully saturated rings. The van der Waals surface area contributed by atoms with Crippen LogP contribution in [0.25, 0.3) is 0 Å². The maximum Gasteiger partial charge on any atom is 0.305 e. The summed E-state index contributed by atoms with van der Waals surface area (Å²) in [5, 5.41) is 0. The molecule has 0 rings (SSSR count). The third-order valence-corrected chi connectivity index (χ3v) is 2.18. The van der Waals surface area contributed by atoms with Gasteiger partial charge in [0.2, 0.25) is 0 Å². The van der Waals surface area contributed by atoms with E-state index in [1.54, 1.807) is 0 Å². The molecule has 0 atom stereocenters.